The molecule has 2 aromatic heterocycles. The molecule has 0 unspecified atom stereocenters. The number of aromatic nitrogens is 3. The Balaban J connectivity index is 2.55. The number of ether oxygens (including phenoxy) is 1. The lowest BCUT2D eigenvalue weighted by Gasteiger charge is -2.10. The zero-order chi connectivity index (χ0) is 16.3. The average Bonchev–Trinajstić information content (AvgIpc) is 2.78. The molecule has 0 bridgehead atoms. The highest BCUT2D eigenvalue weighted by atomic mass is 35.5. The van der Waals surface area contributed by atoms with Crippen molar-refractivity contribution in [2.75, 3.05) is 7.11 Å². The monoisotopic (exact) mass is 317 g/mol. The Labute approximate surface area is 136 Å². The molecule has 0 aliphatic carbocycles. The molecule has 0 fully saturated rings. The van der Waals surface area contributed by atoms with E-state index in [0.717, 1.165) is 17.2 Å². The predicted molar refractivity (Wildman–Crippen MR) is 90.4 cm³/mol. The number of aryl methyl sites for hydroxylation is 1. The molecule has 2 rings (SSSR count). The third-order valence-electron chi connectivity index (χ3n) is 3.44. The highest BCUT2D eigenvalue weighted by Gasteiger charge is 2.15. The van der Waals surface area contributed by atoms with Gasteiger partial charge in [-0.3, -0.25) is 4.57 Å². The van der Waals surface area contributed by atoms with Crippen molar-refractivity contribution in [3.05, 3.63) is 59.0 Å². The first-order chi connectivity index (χ1) is 10.5. The maximum atomic E-state index is 6.27. The molecule has 4 nitrogen and oxygen atoms in total. The van der Waals surface area contributed by atoms with Crippen LogP contribution in [0.2, 0.25) is 5.28 Å². The van der Waals surface area contributed by atoms with Crippen LogP contribution < -0.4 is 0 Å². The average molecular weight is 318 g/mol. The van der Waals surface area contributed by atoms with E-state index in [2.05, 4.69) is 36.5 Å². The van der Waals surface area contributed by atoms with Crippen LogP contribution in [0.25, 0.3) is 11.9 Å². The van der Waals surface area contributed by atoms with Crippen molar-refractivity contribution in [3.63, 3.8) is 0 Å². The molecule has 0 aliphatic rings. The van der Waals surface area contributed by atoms with Gasteiger partial charge in [0.1, 0.15) is 11.6 Å². The molecule has 0 N–H and O–H groups in total. The second-order valence-corrected chi connectivity index (χ2v) is 5.58. The zero-order valence-electron chi connectivity index (χ0n) is 13.3. The molecule has 0 saturated heterocycles. The van der Waals surface area contributed by atoms with Gasteiger partial charge in [0.25, 0.3) is 0 Å². The first-order valence-electron chi connectivity index (χ1n) is 7.07. The Morgan fingerprint density at radius 1 is 1.41 bits per heavy atom. The van der Waals surface area contributed by atoms with E-state index in [9.17, 15) is 0 Å². The highest BCUT2D eigenvalue weighted by Crippen LogP contribution is 2.24. The number of hydrogen-bond donors (Lipinski definition) is 0. The highest BCUT2D eigenvalue weighted by molar-refractivity contribution is 6.28. The summed E-state index contributed by atoms with van der Waals surface area (Å²) >= 11 is 6.27. The van der Waals surface area contributed by atoms with Gasteiger partial charge in [0.2, 0.25) is 5.28 Å². The Morgan fingerprint density at radius 2 is 2.14 bits per heavy atom. The van der Waals surface area contributed by atoms with Gasteiger partial charge in [-0.1, -0.05) is 26.5 Å². The molecule has 0 aromatic carbocycles. The first kappa shape index (κ1) is 16.3. The van der Waals surface area contributed by atoms with Gasteiger partial charge in [-0.25, -0.2) is 9.97 Å². The summed E-state index contributed by atoms with van der Waals surface area (Å²) in [6.07, 6.45) is 5.35. The smallest absolute Gasteiger partial charge is 0.209 e. The molecule has 0 aliphatic heterocycles. The van der Waals surface area contributed by atoms with Crippen LogP contribution in [0.5, 0.6) is 0 Å². The molecule has 0 atom stereocenters. The molecule has 0 spiro atoms. The summed E-state index contributed by atoms with van der Waals surface area (Å²) < 4.78 is 7.04. The second kappa shape index (κ2) is 6.79. The van der Waals surface area contributed by atoms with Gasteiger partial charge in [-0.2, -0.15) is 0 Å². The van der Waals surface area contributed by atoms with Crippen LogP contribution in [0, 0.1) is 6.92 Å². The van der Waals surface area contributed by atoms with Crippen molar-refractivity contribution < 1.29 is 4.74 Å². The lowest BCUT2D eigenvalue weighted by atomic mass is 10.1. The summed E-state index contributed by atoms with van der Waals surface area (Å²) in [4.78, 5) is 8.83. The van der Waals surface area contributed by atoms with Gasteiger partial charge in [0.05, 0.1) is 18.5 Å². The Hall–Kier alpha value is -2.07. The van der Waals surface area contributed by atoms with E-state index in [1.165, 1.54) is 5.56 Å². The Bertz CT molecular complexity index is 699. The zero-order valence-corrected chi connectivity index (χ0v) is 14.1. The summed E-state index contributed by atoms with van der Waals surface area (Å²) in [5.74, 6) is 1.79. The SMILES string of the molecule is C=C/C(=C\c1c(C)nc(Cl)n1-c1ccc(C(C)C)cn1)OC. The van der Waals surface area contributed by atoms with Gasteiger partial charge >= 0.3 is 0 Å². The number of pyridine rings is 1. The minimum absolute atomic E-state index is 0.369. The van der Waals surface area contributed by atoms with E-state index in [4.69, 9.17) is 16.3 Å². The van der Waals surface area contributed by atoms with Crippen LogP contribution in [0.15, 0.2) is 36.7 Å². The molecule has 22 heavy (non-hydrogen) atoms. The fraction of sp³-hybridized carbons (Fsp3) is 0.294. The van der Waals surface area contributed by atoms with Crippen molar-refractivity contribution in [3.8, 4) is 5.82 Å². The predicted octanol–water partition coefficient (Wildman–Crippen LogP) is 4.53. The second-order valence-electron chi connectivity index (χ2n) is 5.25. The van der Waals surface area contributed by atoms with Crippen LogP contribution in [-0.2, 0) is 4.74 Å². The van der Waals surface area contributed by atoms with Crippen molar-refractivity contribution in [1.29, 1.82) is 0 Å². The van der Waals surface area contributed by atoms with Crippen molar-refractivity contribution in [2.24, 2.45) is 0 Å². The summed E-state index contributed by atoms with van der Waals surface area (Å²) in [6.45, 7) is 9.89. The molecule has 0 amide bonds. The van der Waals surface area contributed by atoms with Gasteiger partial charge in [-0.15, -0.1) is 0 Å². The van der Waals surface area contributed by atoms with Crippen molar-refractivity contribution in [1.82, 2.24) is 14.5 Å². The minimum atomic E-state index is 0.369. The minimum Gasteiger partial charge on any atom is -0.497 e. The summed E-state index contributed by atoms with van der Waals surface area (Å²) in [6, 6.07) is 4.00. The van der Waals surface area contributed by atoms with Crippen LogP contribution in [0.4, 0.5) is 0 Å². The third-order valence-corrected chi connectivity index (χ3v) is 3.69. The van der Waals surface area contributed by atoms with Gasteiger partial charge in [0.15, 0.2) is 0 Å². The normalized spacial score (nSPS) is 11.8. The number of halogens is 1. The molecule has 2 aromatic rings. The fourth-order valence-corrected chi connectivity index (χ4v) is 2.41. The third kappa shape index (κ3) is 3.22. The van der Waals surface area contributed by atoms with E-state index >= 15 is 0 Å². The molecule has 2 heterocycles. The van der Waals surface area contributed by atoms with Gasteiger partial charge in [-0.05, 0) is 42.1 Å². The summed E-state index contributed by atoms with van der Waals surface area (Å²) in [7, 11) is 1.60. The number of rotatable bonds is 5. The van der Waals surface area contributed by atoms with Crippen molar-refractivity contribution in [2.45, 2.75) is 26.7 Å². The number of allylic oxidation sites excluding steroid dienone is 1. The van der Waals surface area contributed by atoms with E-state index in [-0.39, 0.29) is 0 Å². The standard InChI is InChI=1S/C17H20ClN3O/c1-6-14(22-5)9-15-12(4)20-17(18)21(15)16-8-7-13(10-19-16)11(2)3/h6-11H,1H2,2-5H3/b14-9+. The van der Waals surface area contributed by atoms with E-state index < -0.39 is 0 Å². The lowest BCUT2D eigenvalue weighted by molar-refractivity contribution is 0.310. The maximum absolute atomic E-state index is 6.27. The summed E-state index contributed by atoms with van der Waals surface area (Å²) in [5.41, 5.74) is 2.81. The van der Waals surface area contributed by atoms with E-state index in [1.54, 1.807) is 17.8 Å². The van der Waals surface area contributed by atoms with Crippen LogP contribution in [-0.4, -0.2) is 21.6 Å². The molecule has 0 saturated carbocycles. The van der Waals surface area contributed by atoms with Crippen molar-refractivity contribution >= 4 is 17.7 Å². The number of imidazole rings is 1. The molecular formula is C17H20ClN3O. The maximum Gasteiger partial charge on any atom is 0.209 e. The number of nitrogens with zero attached hydrogens (tertiary/aromatic N) is 3. The topological polar surface area (TPSA) is 39.9 Å². The Morgan fingerprint density at radius 3 is 2.64 bits per heavy atom. The fourth-order valence-electron chi connectivity index (χ4n) is 2.10. The lowest BCUT2D eigenvalue weighted by Crippen LogP contribution is -2.02. The summed E-state index contributed by atoms with van der Waals surface area (Å²) in [5, 5.41) is 0.369. The van der Waals surface area contributed by atoms with Crippen LogP contribution in [0.1, 0.15) is 36.7 Å². The Kier molecular flexibility index (Phi) is 5.03. The number of methoxy groups -OCH3 is 1. The quantitative estimate of drug-likeness (QED) is 0.601. The molecule has 116 valence electrons. The molecule has 0 radical (unpaired) electrons. The van der Waals surface area contributed by atoms with Crippen LogP contribution >= 0.6 is 11.6 Å². The van der Waals surface area contributed by atoms with E-state index in [1.807, 2.05) is 25.3 Å². The number of hydrogen-bond acceptors (Lipinski definition) is 3. The molecular weight excluding hydrogens is 298 g/mol. The largest absolute Gasteiger partial charge is 0.497 e. The molecule has 5 heteroatoms. The van der Waals surface area contributed by atoms with Crippen LogP contribution in [0.3, 0.4) is 0 Å². The van der Waals surface area contributed by atoms with E-state index in [0.29, 0.717) is 17.0 Å². The van der Waals surface area contributed by atoms with Gasteiger partial charge in [0, 0.05) is 12.3 Å². The van der Waals surface area contributed by atoms with Gasteiger partial charge < -0.3 is 4.74 Å². The first-order valence-corrected chi connectivity index (χ1v) is 7.45.